The molecule has 9 heteroatoms. The second kappa shape index (κ2) is 7.44. The smallest absolute Gasteiger partial charge is 0.339 e. The molecular formula is C20H19ClN2O5S. The van der Waals surface area contributed by atoms with Crippen molar-refractivity contribution in [3.8, 4) is 0 Å². The zero-order valence-corrected chi connectivity index (χ0v) is 17.0. The van der Waals surface area contributed by atoms with Crippen molar-refractivity contribution in [2.45, 2.75) is 23.3 Å². The standard InChI is InChI=1S/C20H19ClN2O5S/c21-14-5-3-6-15(11-14)29(26,27)22-12-18(24)23-10-4-9-20(13-23)17-8-2-1-7-16(17)19(25)28-20/h1-3,5-8,11,22H,4,9-10,12-13H2. The topological polar surface area (TPSA) is 92.8 Å². The van der Waals surface area contributed by atoms with E-state index in [1.807, 2.05) is 12.1 Å². The summed E-state index contributed by atoms with van der Waals surface area (Å²) in [5, 5.41) is 0.291. The molecule has 1 N–H and O–H groups in total. The van der Waals surface area contributed by atoms with Gasteiger partial charge in [-0.2, -0.15) is 0 Å². The number of amides is 1. The first-order valence-electron chi connectivity index (χ1n) is 9.17. The normalized spacial score (nSPS) is 21.1. The zero-order chi connectivity index (χ0) is 20.6. The zero-order valence-electron chi connectivity index (χ0n) is 15.4. The molecule has 2 aliphatic heterocycles. The lowest BCUT2D eigenvalue weighted by Crippen LogP contribution is -2.51. The number of ether oxygens (including phenoxy) is 1. The maximum absolute atomic E-state index is 12.7. The molecule has 0 bridgehead atoms. The van der Waals surface area contributed by atoms with Gasteiger partial charge in [0.05, 0.1) is 23.5 Å². The Morgan fingerprint density at radius 3 is 2.79 bits per heavy atom. The summed E-state index contributed by atoms with van der Waals surface area (Å²) in [4.78, 5) is 26.5. The van der Waals surface area contributed by atoms with E-state index in [-0.39, 0.29) is 23.9 Å². The molecule has 1 spiro atoms. The van der Waals surface area contributed by atoms with Crippen LogP contribution in [0.2, 0.25) is 5.02 Å². The fourth-order valence-corrected chi connectivity index (χ4v) is 5.14. The maximum Gasteiger partial charge on any atom is 0.339 e. The number of halogens is 1. The molecule has 1 saturated heterocycles. The van der Waals surface area contributed by atoms with E-state index >= 15 is 0 Å². The molecule has 2 aromatic carbocycles. The molecule has 0 aliphatic carbocycles. The molecule has 1 amide bonds. The molecule has 0 saturated carbocycles. The highest BCUT2D eigenvalue weighted by molar-refractivity contribution is 7.89. The van der Waals surface area contributed by atoms with Crippen LogP contribution in [0, 0.1) is 0 Å². The predicted octanol–water partition coefficient (Wildman–Crippen LogP) is 2.31. The van der Waals surface area contributed by atoms with Gasteiger partial charge in [0.1, 0.15) is 0 Å². The quantitative estimate of drug-likeness (QED) is 0.745. The number of nitrogens with zero attached hydrogens (tertiary/aromatic N) is 1. The largest absolute Gasteiger partial charge is 0.449 e. The molecule has 7 nitrogen and oxygen atoms in total. The van der Waals surface area contributed by atoms with Gasteiger partial charge in [-0.3, -0.25) is 4.79 Å². The Morgan fingerprint density at radius 2 is 2.00 bits per heavy atom. The van der Waals surface area contributed by atoms with Crippen molar-refractivity contribution < 1.29 is 22.7 Å². The molecular weight excluding hydrogens is 416 g/mol. The number of piperidine rings is 1. The third-order valence-electron chi connectivity index (χ3n) is 5.25. The molecule has 4 rings (SSSR count). The molecule has 152 valence electrons. The van der Waals surface area contributed by atoms with E-state index in [1.165, 1.54) is 18.2 Å². The molecule has 0 radical (unpaired) electrons. The fraction of sp³-hybridized carbons (Fsp3) is 0.300. The van der Waals surface area contributed by atoms with Gasteiger partial charge in [-0.15, -0.1) is 0 Å². The van der Waals surface area contributed by atoms with Gasteiger partial charge in [-0.25, -0.2) is 17.9 Å². The fourth-order valence-electron chi connectivity index (χ4n) is 3.87. The van der Waals surface area contributed by atoms with Crippen molar-refractivity contribution in [1.82, 2.24) is 9.62 Å². The first-order valence-corrected chi connectivity index (χ1v) is 11.0. The number of carbonyl (C=O) groups is 2. The van der Waals surface area contributed by atoms with Crippen molar-refractivity contribution in [3.05, 3.63) is 64.7 Å². The van der Waals surface area contributed by atoms with Crippen LogP contribution in [0.5, 0.6) is 0 Å². The van der Waals surface area contributed by atoms with Gasteiger partial charge in [0, 0.05) is 17.1 Å². The van der Waals surface area contributed by atoms with E-state index in [4.69, 9.17) is 16.3 Å². The Morgan fingerprint density at radius 1 is 1.21 bits per heavy atom. The van der Waals surface area contributed by atoms with Gasteiger partial charge in [-0.05, 0) is 37.1 Å². The number of fused-ring (bicyclic) bond motifs is 2. The molecule has 0 aromatic heterocycles. The summed E-state index contributed by atoms with van der Waals surface area (Å²) < 4.78 is 32.8. The number of likely N-dealkylation sites (tertiary alicyclic amines) is 1. The number of hydrogen-bond donors (Lipinski definition) is 1. The summed E-state index contributed by atoms with van der Waals surface area (Å²) in [6, 6.07) is 13.0. The molecule has 2 heterocycles. The van der Waals surface area contributed by atoms with Gasteiger partial charge < -0.3 is 9.64 Å². The number of esters is 1. The molecule has 1 fully saturated rings. The van der Waals surface area contributed by atoms with E-state index in [0.717, 1.165) is 5.56 Å². The van der Waals surface area contributed by atoms with Crippen molar-refractivity contribution >= 4 is 33.5 Å². The van der Waals surface area contributed by atoms with E-state index in [9.17, 15) is 18.0 Å². The van der Waals surface area contributed by atoms with Crippen molar-refractivity contribution in [3.63, 3.8) is 0 Å². The summed E-state index contributed by atoms with van der Waals surface area (Å²) in [6.45, 7) is 0.285. The van der Waals surface area contributed by atoms with Crippen molar-refractivity contribution in [2.24, 2.45) is 0 Å². The van der Waals surface area contributed by atoms with Crippen LogP contribution in [-0.4, -0.2) is 44.8 Å². The van der Waals surface area contributed by atoms with Crippen LogP contribution in [0.25, 0.3) is 0 Å². The second-order valence-corrected chi connectivity index (χ2v) is 9.33. The van der Waals surface area contributed by atoms with E-state index in [0.29, 0.717) is 30.0 Å². The Kier molecular flexibility index (Phi) is 5.10. The van der Waals surface area contributed by atoms with Crippen LogP contribution in [0.1, 0.15) is 28.8 Å². The van der Waals surface area contributed by atoms with Crippen LogP contribution in [0.3, 0.4) is 0 Å². The molecule has 1 atom stereocenters. The predicted molar refractivity (Wildman–Crippen MR) is 106 cm³/mol. The SMILES string of the molecule is O=C1OC2(CCCN(C(=O)CNS(=O)(=O)c3cccc(Cl)c3)C2)c2ccccc21. The van der Waals surface area contributed by atoms with Gasteiger partial charge in [0.15, 0.2) is 5.60 Å². The number of nitrogens with one attached hydrogen (secondary N) is 1. The number of sulfonamides is 1. The molecule has 1 unspecified atom stereocenters. The van der Waals surface area contributed by atoms with Gasteiger partial charge >= 0.3 is 5.97 Å². The highest BCUT2D eigenvalue weighted by Gasteiger charge is 2.48. The number of benzene rings is 2. The first-order chi connectivity index (χ1) is 13.8. The van der Waals surface area contributed by atoms with Crippen molar-refractivity contribution in [1.29, 1.82) is 0 Å². The third-order valence-corrected chi connectivity index (χ3v) is 6.89. The lowest BCUT2D eigenvalue weighted by molar-refractivity contribution is -0.137. The Bertz CT molecular complexity index is 1090. The molecule has 29 heavy (non-hydrogen) atoms. The Hall–Kier alpha value is -2.42. The second-order valence-electron chi connectivity index (χ2n) is 7.13. The van der Waals surface area contributed by atoms with Crippen LogP contribution in [0.4, 0.5) is 0 Å². The van der Waals surface area contributed by atoms with Crippen LogP contribution in [0.15, 0.2) is 53.4 Å². The van der Waals surface area contributed by atoms with Gasteiger partial charge in [-0.1, -0.05) is 35.9 Å². The lowest BCUT2D eigenvalue weighted by Gasteiger charge is -2.39. The minimum Gasteiger partial charge on any atom is -0.449 e. The lowest BCUT2D eigenvalue weighted by atomic mass is 9.85. The summed E-state index contributed by atoms with van der Waals surface area (Å²) in [5.41, 5.74) is 0.429. The van der Waals surface area contributed by atoms with Crippen LogP contribution in [-0.2, 0) is 25.2 Å². The minimum absolute atomic E-state index is 0.00781. The van der Waals surface area contributed by atoms with E-state index in [1.54, 1.807) is 23.1 Å². The average Bonchev–Trinajstić information content (AvgIpc) is 2.98. The third kappa shape index (κ3) is 3.75. The van der Waals surface area contributed by atoms with Crippen molar-refractivity contribution in [2.75, 3.05) is 19.6 Å². The summed E-state index contributed by atoms with van der Waals surface area (Å²) >= 11 is 5.85. The highest BCUT2D eigenvalue weighted by atomic mass is 35.5. The summed E-state index contributed by atoms with van der Waals surface area (Å²) in [6.07, 6.45) is 1.27. The van der Waals surface area contributed by atoms with E-state index in [2.05, 4.69) is 4.72 Å². The average molecular weight is 435 g/mol. The summed E-state index contributed by atoms with van der Waals surface area (Å²) in [5.74, 6) is -0.772. The van der Waals surface area contributed by atoms with Crippen LogP contribution < -0.4 is 4.72 Å². The summed E-state index contributed by atoms with van der Waals surface area (Å²) in [7, 11) is -3.87. The highest BCUT2D eigenvalue weighted by Crippen LogP contribution is 2.42. The number of rotatable bonds is 4. The minimum atomic E-state index is -3.87. The van der Waals surface area contributed by atoms with Gasteiger partial charge in [0.2, 0.25) is 15.9 Å². The Balaban J connectivity index is 1.47. The van der Waals surface area contributed by atoms with Gasteiger partial charge in [0.25, 0.3) is 0 Å². The van der Waals surface area contributed by atoms with E-state index < -0.39 is 21.6 Å². The number of carbonyl (C=O) groups excluding carboxylic acids is 2. The molecule has 2 aromatic rings. The monoisotopic (exact) mass is 434 g/mol. The van der Waals surface area contributed by atoms with Crippen LogP contribution >= 0.6 is 11.6 Å². The maximum atomic E-state index is 12.7. The molecule has 2 aliphatic rings. The number of hydrogen-bond acceptors (Lipinski definition) is 5. The Labute approximate surface area is 173 Å². The first kappa shape index (κ1) is 19.9.